The number of benzene rings is 1. The van der Waals surface area contributed by atoms with Crippen LogP contribution in [0.1, 0.15) is 21.7 Å². The number of aromatic amines is 1. The summed E-state index contributed by atoms with van der Waals surface area (Å²) in [5, 5.41) is 13.2. The molecule has 5 nitrogen and oxygen atoms in total. The molecule has 3 aromatic rings. The fourth-order valence-electron chi connectivity index (χ4n) is 2.29. The highest BCUT2D eigenvalue weighted by Crippen LogP contribution is 2.16. The number of hydrogen-bond donors (Lipinski definition) is 2. The van der Waals surface area contributed by atoms with Crippen LogP contribution in [0.2, 0.25) is 0 Å². The first-order valence-corrected chi connectivity index (χ1v) is 7.82. The molecular weight excluding hydrogens is 296 g/mol. The highest BCUT2D eigenvalue weighted by molar-refractivity contribution is 7.09. The second-order valence-corrected chi connectivity index (χ2v) is 6.24. The van der Waals surface area contributed by atoms with Crippen LogP contribution in [0.25, 0.3) is 0 Å². The van der Waals surface area contributed by atoms with Crippen LogP contribution in [0, 0.1) is 13.8 Å². The van der Waals surface area contributed by atoms with E-state index in [1.807, 2.05) is 43.5 Å². The van der Waals surface area contributed by atoms with Crippen LogP contribution in [-0.2, 0) is 6.42 Å². The molecule has 2 aromatic heterocycles. The molecule has 0 saturated heterocycles. The van der Waals surface area contributed by atoms with Crippen LogP contribution in [0.4, 0.5) is 11.6 Å². The van der Waals surface area contributed by atoms with E-state index < -0.39 is 0 Å². The van der Waals surface area contributed by atoms with Crippen molar-refractivity contribution in [1.29, 1.82) is 0 Å². The summed E-state index contributed by atoms with van der Waals surface area (Å²) in [5.74, 6) is 0.352. The maximum Gasteiger partial charge on any atom is 0.274 e. The Morgan fingerprint density at radius 2 is 1.95 bits per heavy atom. The van der Waals surface area contributed by atoms with Crippen molar-refractivity contribution in [3.63, 3.8) is 0 Å². The molecule has 2 N–H and O–H groups in total. The Morgan fingerprint density at radius 3 is 2.59 bits per heavy atom. The normalized spacial score (nSPS) is 10.6. The van der Waals surface area contributed by atoms with E-state index in [2.05, 4.69) is 26.6 Å². The number of aryl methyl sites for hydroxylation is 2. The first kappa shape index (κ1) is 14.5. The quantitative estimate of drug-likeness (QED) is 0.776. The molecule has 0 bridgehead atoms. The van der Waals surface area contributed by atoms with E-state index in [-0.39, 0.29) is 5.56 Å². The summed E-state index contributed by atoms with van der Waals surface area (Å²) in [6.07, 6.45) is 0.504. The molecule has 6 heteroatoms. The third-order valence-corrected chi connectivity index (χ3v) is 4.05. The molecular formula is C16H16N4OS. The van der Waals surface area contributed by atoms with Crippen molar-refractivity contribution < 1.29 is 0 Å². The highest BCUT2D eigenvalue weighted by Gasteiger charge is 2.07. The van der Waals surface area contributed by atoms with Crippen molar-refractivity contribution in [2.75, 3.05) is 5.32 Å². The van der Waals surface area contributed by atoms with Crippen molar-refractivity contribution in [3.8, 4) is 0 Å². The minimum atomic E-state index is -0.213. The highest BCUT2D eigenvalue weighted by atomic mass is 32.1. The van der Waals surface area contributed by atoms with E-state index in [0.717, 1.165) is 21.7 Å². The third kappa shape index (κ3) is 3.40. The molecule has 0 fully saturated rings. The first-order chi connectivity index (χ1) is 10.6. The van der Waals surface area contributed by atoms with Gasteiger partial charge in [0.05, 0.1) is 0 Å². The maximum atomic E-state index is 12.1. The second-order valence-electron chi connectivity index (χ2n) is 5.21. The van der Waals surface area contributed by atoms with Gasteiger partial charge in [-0.2, -0.15) is 0 Å². The Hall–Kier alpha value is -2.47. The molecule has 0 atom stereocenters. The SMILES string of the molecule is Cc1cc(C)cc(Nc2nnc(Cc3cccs3)c(=O)[nH]2)c1. The third-order valence-electron chi connectivity index (χ3n) is 3.17. The number of hydrogen-bond acceptors (Lipinski definition) is 5. The topological polar surface area (TPSA) is 70.7 Å². The fourth-order valence-corrected chi connectivity index (χ4v) is 3.00. The predicted molar refractivity (Wildman–Crippen MR) is 89.0 cm³/mol. The number of aromatic nitrogens is 3. The standard InChI is InChI=1S/C16H16N4OS/c1-10-6-11(2)8-12(7-10)17-16-18-15(21)14(19-20-16)9-13-4-3-5-22-13/h3-8H,9H2,1-2H3,(H2,17,18,20,21). The Balaban J connectivity index is 1.81. The Kier molecular flexibility index (Phi) is 4.02. The van der Waals surface area contributed by atoms with Gasteiger partial charge < -0.3 is 5.32 Å². The van der Waals surface area contributed by atoms with Gasteiger partial charge in [-0.25, -0.2) is 0 Å². The molecule has 0 unspecified atom stereocenters. The molecule has 0 aliphatic rings. The molecule has 0 amide bonds. The van der Waals surface area contributed by atoms with Crippen molar-refractivity contribution in [3.05, 3.63) is 67.8 Å². The summed E-state index contributed by atoms with van der Waals surface area (Å²) in [6, 6.07) is 10.0. The van der Waals surface area contributed by atoms with Crippen LogP contribution in [0.15, 0.2) is 40.5 Å². The zero-order chi connectivity index (χ0) is 15.5. The summed E-state index contributed by atoms with van der Waals surface area (Å²) in [4.78, 5) is 15.9. The molecule has 0 spiro atoms. The minimum Gasteiger partial charge on any atom is -0.324 e. The lowest BCUT2D eigenvalue weighted by atomic mass is 10.1. The van der Waals surface area contributed by atoms with Gasteiger partial charge in [0, 0.05) is 17.0 Å². The van der Waals surface area contributed by atoms with E-state index in [0.29, 0.717) is 18.1 Å². The average molecular weight is 312 g/mol. The summed E-state index contributed by atoms with van der Waals surface area (Å²) < 4.78 is 0. The molecule has 0 saturated carbocycles. The smallest absolute Gasteiger partial charge is 0.274 e. The predicted octanol–water partition coefficient (Wildman–Crippen LogP) is 3.18. The van der Waals surface area contributed by atoms with Crippen LogP contribution in [0.5, 0.6) is 0 Å². The van der Waals surface area contributed by atoms with Gasteiger partial charge in [-0.1, -0.05) is 12.1 Å². The first-order valence-electron chi connectivity index (χ1n) is 6.94. The van der Waals surface area contributed by atoms with E-state index in [1.165, 1.54) is 0 Å². The molecule has 0 aliphatic heterocycles. The molecule has 3 rings (SSSR count). The lowest BCUT2D eigenvalue weighted by molar-refractivity contribution is 0.878. The summed E-state index contributed by atoms with van der Waals surface area (Å²) in [6.45, 7) is 4.05. The summed E-state index contributed by atoms with van der Waals surface area (Å²) in [7, 11) is 0. The van der Waals surface area contributed by atoms with E-state index in [1.54, 1.807) is 11.3 Å². The van der Waals surface area contributed by atoms with E-state index in [4.69, 9.17) is 0 Å². The number of anilines is 2. The van der Waals surface area contributed by atoms with Gasteiger partial charge in [0.1, 0.15) is 5.69 Å². The van der Waals surface area contributed by atoms with Crippen LogP contribution < -0.4 is 10.9 Å². The van der Waals surface area contributed by atoms with Gasteiger partial charge in [0.2, 0.25) is 5.95 Å². The molecule has 1 aromatic carbocycles. The van der Waals surface area contributed by atoms with Gasteiger partial charge in [0.25, 0.3) is 5.56 Å². The van der Waals surface area contributed by atoms with Crippen LogP contribution >= 0.6 is 11.3 Å². The zero-order valence-corrected chi connectivity index (χ0v) is 13.2. The largest absolute Gasteiger partial charge is 0.324 e. The van der Waals surface area contributed by atoms with Gasteiger partial charge in [-0.15, -0.1) is 21.5 Å². The van der Waals surface area contributed by atoms with Crippen molar-refractivity contribution in [1.82, 2.24) is 15.2 Å². The molecule has 112 valence electrons. The molecule has 22 heavy (non-hydrogen) atoms. The molecule has 2 heterocycles. The zero-order valence-electron chi connectivity index (χ0n) is 12.4. The lowest BCUT2D eigenvalue weighted by Gasteiger charge is -2.07. The number of nitrogens with one attached hydrogen (secondary N) is 2. The van der Waals surface area contributed by atoms with E-state index in [9.17, 15) is 4.79 Å². The average Bonchev–Trinajstić information content (AvgIpc) is 2.93. The van der Waals surface area contributed by atoms with Gasteiger partial charge >= 0.3 is 0 Å². The van der Waals surface area contributed by atoms with Crippen LogP contribution in [0.3, 0.4) is 0 Å². The number of rotatable bonds is 4. The number of H-pyrrole nitrogens is 1. The Morgan fingerprint density at radius 1 is 1.18 bits per heavy atom. The number of thiophene rings is 1. The minimum absolute atomic E-state index is 0.213. The summed E-state index contributed by atoms with van der Waals surface area (Å²) in [5.41, 5.74) is 3.39. The fraction of sp³-hybridized carbons (Fsp3) is 0.188. The van der Waals surface area contributed by atoms with Gasteiger partial charge in [-0.3, -0.25) is 9.78 Å². The maximum absolute atomic E-state index is 12.1. The Bertz CT molecular complexity index is 819. The van der Waals surface area contributed by atoms with Crippen LogP contribution in [-0.4, -0.2) is 15.2 Å². The van der Waals surface area contributed by atoms with E-state index >= 15 is 0 Å². The van der Waals surface area contributed by atoms with Gasteiger partial charge in [0.15, 0.2) is 0 Å². The molecule has 0 radical (unpaired) electrons. The Labute approximate surface area is 132 Å². The number of nitrogens with zero attached hydrogens (tertiary/aromatic N) is 2. The second kappa shape index (κ2) is 6.11. The van der Waals surface area contributed by atoms with Crippen molar-refractivity contribution in [2.24, 2.45) is 0 Å². The van der Waals surface area contributed by atoms with Crippen molar-refractivity contribution >= 4 is 23.0 Å². The molecule has 0 aliphatic carbocycles. The monoisotopic (exact) mass is 312 g/mol. The van der Waals surface area contributed by atoms with Gasteiger partial charge in [-0.05, 0) is 48.6 Å². The lowest BCUT2D eigenvalue weighted by Crippen LogP contribution is -2.18. The van der Waals surface area contributed by atoms with Crippen molar-refractivity contribution in [2.45, 2.75) is 20.3 Å². The summed E-state index contributed by atoms with van der Waals surface area (Å²) >= 11 is 1.60.